The highest BCUT2D eigenvalue weighted by atomic mass is 32.1. The van der Waals surface area contributed by atoms with E-state index in [4.69, 9.17) is 4.74 Å². The number of carbonyl (C=O) groups is 2. The van der Waals surface area contributed by atoms with Gasteiger partial charge in [0.2, 0.25) is 0 Å². The number of anilines is 1. The van der Waals surface area contributed by atoms with Gasteiger partial charge in [-0.1, -0.05) is 24.8 Å². The largest absolute Gasteiger partial charge is 0.490 e. The van der Waals surface area contributed by atoms with Crippen molar-refractivity contribution in [1.82, 2.24) is 5.43 Å². The number of aryl methyl sites for hydroxylation is 1. The molecule has 0 unspecified atom stereocenters. The molecule has 0 spiro atoms. The zero-order valence-corrected chi connectivity index (χ0v) is 16.6. The minimum Gasteiger partial charge on any atom is -0.490 e. The molecule has 7 nitrogen and oxygen atoms in total. The maximum absolute atomic E-state index is 12.2. The summed E-state index contributed by atoms with van der Waals surface area (Å²) in [6.45, 7) is 3.97. The van der Waals surface area contributed by atoms with Gasteiger partial charge in [0.15, 0.2) is 0 Å². The number of nitrogens with one attached hydrogen (secondary N) is 2. The number of nitriles is 1. The maximum Gasteiger partial charge on any atom is 0.329 e. The van der Waals surface area contributed by atoms with Gasteiger partial charge in [0.05, 0.1) is 11.8 Å². The molecule has 0 aliphatic heterocycles. The van der Waals surface area contributed by atoms with Crippen LogP contribution in [0, 0.1) is 11.3 Å². The number of amides is 2. The first-order chi connectivity index (χ1) is 14.1. The van der Waals surface area contributed by atoms with Gasteiger partial charge in [0.1, 0.15) is 23.4 Å². The molecule has 1 aliphatic carbocycles. The normalized spacial score (nSPS) is 12.7. The van der Waals surface area contributed by atoms with Crippen molar-refractivity contribution in [1.29, 1.82) is 5.26 Å². The van der Waals surface area contributed by atoms with E-state index in [1.54, 1.807) is 30.3 Å². The number of ether oxygens (including phenoxy) is 1. The van der Waals surface area contributed by atoms with Gasteiger partial charge in [-0.2, -0.15) is 10.4 Å². The molecule has 29 heavy (non-hydrogen) atoms. The topological polar surface area (TPSA) is 104 Å². The second-order valence-corrected chi connectivity index (χ2v) is 7.46. The van der Waals surface area contributed by atoms with E-state index in [2.05, 4.69) is 28.5 Å². The summed E-state index contributed by atoms with van der Waals surface area (Å²) in [5, 5.41) is 16.2. The minimum absolute atomic E-state index is 0.383. The predicted molar refractivity (Wildman–Crippen MR) is 112 cm³/mol. The highest BCUT2D eigenvalue weighted by molar-refractivity contribution is 7.16. The molecule has 2 amide bonds. The van der Waals surface area contributed by atoms with Crippen molar-refractivity contribution in [2.45, 2.75) is 25.7 Å². The molecule has 0 bridgehead atoms. The third-order valence-corrected chi connectivity index (χ3v) is 5.53. The Morgan fingerprint density at radius 1 is 1.31 bits per heavy atom. The van der Waals surface area contributed by atoms with Gasteiger partial charge < -0.3 is 10.1 Å². The number of hydrogen-bond donors (Lipinski definition) is 2. The summed E-state index contributed by atoms with van der Waals surface area (Å²) in [5.41, 5.74) is 4.36. The van der Waals surface area contributed by atoms with Gasteiger partial charge >= 0.3 is 11.8 Å². The lowest BCUT2D eigenvalue weighted by Gasteiger charge is -2.09. The fourth-order valence-corrected chi connectivity index (χ4v) is 4.22. The van der Waals surface area contributed by atoms with Gasteiger partial charge in [0, 0.05) is 4.88 Å². The third-order valence-electron chi connectivity index (χ3n) is 4.32. The van der Waals surface area contributed by atoms with Crippen molar-refractivity contribution < 1.29 is 14.3 Å². The van der Waals surface area contributed by atoms with Crippen molar-refractivity contribution in [3.05, 3.63) is 58.5 Å². The summed E-state index contributed by atoms with van der Waals surface area (Å²) in [4.78, 5) is 25.3. The molecule has 1 aliphatic rings. The molecule has 0 saturated carbocycles. The van der Waals surface area contributed by atoms with E-state index in [1.807, 2.05) is 0 Å². The van der Waals surface area contributed by atoms with Gasteiger partial charge in [-0.3, -0.25) is 9.59 Å². The molecule has 0 saturated heterocycles. The maximum atomic E-state index is 12.2. The Kier molecular flexibility index (Phi) is 6.76. The van der Waals surface area contributed by atoms with Crippen LogP contribution >= 0.6 is 11.3 Å². The Morgan fingerprint density at radius 2 is 2.14 bits per heavy atom. The number of thiophene rings is 1. The Labute approximate surface area is 172 Å². The van der Waals surface area contributed by atoms with E-state index in [-0.39, 0.29) is 0 Å². The van der Waals surface area contributed by atoms with Crippen molar-refractivity contribution in [3.63, 3.8) is 0 Å². The Hall–Kier alpha value is -3.44. The molecule has 0 radical (unpaired) electrons. The fourth-order valence-electron chi connectivity index (χ4n) is 2.99. The molecule has 1 aromatic heterocycles. The SMILES string of the molecule is C=CCOc1cccc(/C=N/NC(=O)C(=O)Nc2sc3c(c2C#N)CCCC3)c1. The van der Waals surface area contributed by atoms with E-state index in [0.717, 1.165) is 36.1 Å². The van der Waals surface area contributed by atoms with Gasteiger partial charge in [-0.05, 0) is 48.9 Å². The summed E-state index contributed by atoms with van der Waals surface area (Å²) in [6.07, 6.45) is 6.88. The summed E-state index contributed by atoms with van der Waals surface area (Å²) in [6, 6.07) is 9.26. The third kappa shape index (κ3) is 5.09. The number of carbonyl (C=O) groups excluding carboxylic acids is 2. The molecular formula is C21H20N4O3S. The number of hydrazone groups is 1. The predicted octanol–water partition coefficient (Wildman–Crippen LogP) is 3.15. The Morgan fingerprint density at radius 3 is 2.93 bits per heavy atom. The lowest BCUT2D eigenvalue weighted by atomic mass is 9.96. The zero-order chi connectivity index (χ0) is 20.6. The van der Waals surface area contributed by atoms with Crippen LogP contribution in [-0.4, -0.2) is 24.6 Å². The monoisotopic (exact) mass is 408 g/mol. The quantitative estimate of drug-likeness (QED) is 0.332. The molecule has 148 valence electrons. The molecular weight excluding hydrogens is 388 g/mol. The summed E-state index contributed by atoms with van der Waals surface area (Å²) in [5.74, 6) is -1.13. The van der Waals surface area contributed by atoms with Crippen molar-refractivity contribution in [3.8, 4) is 11.8 Å². The van der Waals surface area contributed by atoms with Crippen molar-refractivity contribution in [2.75, 3.05) is 11.9 Å². The van der Waals surface area contributed by atoms with Crippen LogP contribution in [0.2, 0.25) is 0 Å². The number of rotatable bonds is 6. The lowest BCUT2D eigenvalue weighted by molar-refractivity contribution is -0.136. The summed E-state index contributed by atoms with van der Waals surface area (Å²) >= 11 is 1.37. The second kappa shape index (κ2) is 9.66. The molecule has 2 aromatic rings. The second-order valence-electron chi connectivity index (χ2n) is 6.35. The highest BCUT2D eigenvalue weighted by Crippen LogP contribution is 2.37. The van der Waals surface area contributed by atoms with E-state index in [0.29, 0.717) is 28.5 Å². The lowest BCUT2D eigenvalue weighted by Crippen LogP contribution is -2.32. The van der Waals surface area contributed by atoms with Gasteiger partial charge in [0.25, 0.3) is 0 Å². The number of benzene rings is 1. The first kappa shape index (κ1) is 20.3. The van der Waals surface area contributed by atoms with E-state index < -0.39 is 11.8 Å². The van der Waals surface area contributed by atoms with Crippen LogP contribution in [-0.2, 0) is 22.4 Å². The van der Waals surface area contributed by atoms with Crippen LogP contribution in [0.1, 0.15) is 34.4 Å². The van der Waals surface area contributed by atoms with Crippen LogP contribution in [0.4, 0.5) is 5.00 Å². The van der Waals surface area contributed by atoms with Crippen LogP contribution < -0.4 is 15.5 Å². The minimum atomic E-state index is -0.907. The fraction of sp³-hybridized carbons (Fsp3) is 0.238. The molecule has 0 fully saturated rings. The average Bonchev–Trinajstić information content (AvgIpc) is 3.09. The number of hydrogen-bond acceptors (Lipinski definition) is 6. The Bertz CT molecular complexity index is 1000. The van der Waals surface area contributed by atoms with Gasteiger partial charge in [-0.25, -0.2) is 5.43 Å². The van der Waals surface area contributed by atoms with Crippen molar-refractivity contribution in [2.24, 2.45) is 5.10 Å². The molecule has 2 N–H and O–H groups in total. The number of fused-ring (bicyclic) bond motifs is 1. The van der Waals surface area contributed by atoms with Crippen LogP contribution in [0.5, 0.6) is 5.75 Å². The Balaban J connectivity index is 1.60. The first-order valence-corrected chi connectivity index (χ1v) is 9.96. The first-order valence-electron chi connectivity index (χ1n) is 9.15. The standard InChI is InChI=1S/C21H20N4O3S/c1-2-10-28-15-7-5-6-14(11-15)13-23-25-20(27)19(26)24-21-17(12-22)16-8-3-4-9-18(16)29-21/h2,5-7,11,13H,1,3-4,8-10H2,(H,24,26)(H,25,27)/b23-13+. The van der Waals surface area contributed by atoms with E-state index >= 15 is 0 Å². The van der Waals surface area contributed by atoms with Crippen LogP contribution in [0.15, 0.2) is 42.0 Å². The molecule has 0 atom stereocenters. The van der Waals surface area contributed by atoms with Crippen LogP contribution in [0.25, 0.3) is 0 Å². The van der Waals surface area contributed by atoms with Crippen molar-refractivity contribution >= 4 is 34.4 Å². The number of nitrogens with zero attached hydrogens (tertiary/aromatic N) is 2. The molecule has 1 aromatic carbocycles. The summed E-state index contributed by atoms with van der Waals surface area (Å²) < 4.78 is 5.43. The zero-order valence-electron chi connectivity index (χ0n) is 15.7. The summed E-state index contributed by atoms with van der Waals surface area (Å²) in [7, 11) is 0. The average molecular weight is 408 g/mol. The smallest absolute Gasteiger partial charge is 0.329 e. The van der Waals surface area contributed by atoms with E-state index in [1.165, 1.54) is 17.6 Å². The molecule has 1 heterocycles. The van der Waals surface area contributed by atoms with Crippen LogP contribution in [0.3, 0.4) is 0 Å². The highest BCUT2D eigenvalue weighted by Gasteiger charge is 2.23. The van der Waals surface area contributed by atoms with E-state index in [9.17, 15) is 14.9 Å². The van der Waals surface area contributed by atoms with Gasteiger partial charge in [-0.15, -0.1) is 11.3 Å². The molecule has 3 rings (SSSR count). The molecule has 8 heteroatoms.